The summed E-state index contributed by atoms with van der Waals surface area (Å²) in [7, 11) is 0. The first-order valence-electron chi connectivity index (χ1n) is 10.2. The Morgan fingerprint density at radius 3 is 2.69 bits per heavy atom. The molecular weight excluding hydrogens is 374 g/mol. The zero-order valence-corrected chi connectivity index (χ0v) is 16.6. The van der Waals surface area contributed by atoms with Gasteiger partial charge in [0.1, 0.15) is 24.2 Å². The standard InChI is InChI=1S/C21H27N3O5/c1-2-3-4-5-15(26)14(21-9-20(10-21,11-21)12-25)8-29-18-17-16(19(27)28)22-6-7-24(17)13-23-18/h6-7,13-14,25H,2-5,8-12H2,1H3,(H,27,28). The normalized spacial score (nSPS) is 25.9. The van der Waals surface area contributed by atoms with Crippen molar-refractivity contribution in [3.05, 3.63) is 24.4 Å². The molecule has 0 aromatic carbocycles. The van der Waals surface area contributed by atoms with Crippen LogP contribution in [0.25, 0.3) is 5.52 Å². The third-order valence-electron chi connectivity index (χ3n) is 6.68. The summed E-state index contributed by atoms with van der Waals surface area (Å²) in [6.07, 6.45) is 10.5. The van der Waals surface area contributed by atoms with Crippen molar-refractivity contribution in [3.8, 4) is 5.88 Å². The number of aromatic nitrogens is 3. The molecule has 8 nitrogen and oxygen atoms in total. The predicted octanol–water partition coefficient (Wildman–Crippen LogP) is 2.73. The van der Waals surface area contributed by atoms with E-state index in [1.807, 2.05) is 0 Å². The Balaban J connectivity index is 1.52. The zero-order valence-electron chi connectivity index (χ0n) is 16.6. The average molecular weight is 401 g/mol. The molecule has 8 heteroatoms. The fourth-order valence-corrected chi connectivity index (χ4v) is 5.30. The molecule has 1 unspecified atom stereocenters. The first kappa shape index (κ1) is 19.8. The lowest BCUT2D eigenvalue weighted by atomic mass is 9.32. The van der Waals surface area contributed by atoms with Gasteiger partial charge in [-0.15, -0.1) is 0 Å². The highest BCUT2D eigenvalue weighted by molar-refractivity contribution is 5.94. The quantitative estimate of drug-likeness (QED) is 0.556. The summed E-state index contributed by atoms with van der Waals surface area (Å²) < 4.78 is 7.50. The van der Waals surface area contributed by atoms with E-state index >= 15 is 0 Å². The molecule has 0 spiro atoms. The van der Waals surface area contributed by atoms with Gasteiger partial charge in [0.2, 0.25) is 5.88 Å². The zero-order chi connectivity index (χ0) is 20.6. The molecular formula is C21H27N3O5. The highest BCUT2D eigenvalue weighted by Crippen LogP contribution is 2.76. The Morgan fingerprint density at radius 1 is 1.28 bits per heavy atom. The lowest BCUT2D eigenvalue weighted by Crippen LogP contribution is -2.68. The minimum atomic E-state index is -1.16. The van der Waals surface area contributed by atoms with Gasteiger partial charge in [-0.3, -0.25) is 9.20 Å². The first-order valence-corrected chi connectivity index (χ1v) is 10.2. The number of imidazole rings is 1. The largest absolute Gasteiger partial charge is 0.476 e. The number of nitrogens with zero attached hydrogens (tertiary/aromatic N) is 3. The summed E-state index contributed by atoms with van der Waals surface area (Å²) in [5.74, 6) is -1.03. The molecule has 2 aromatic heterocycles. The van der Waals surface area contributed by atoms with Crippen LogP contribution in [0.3, 0.4) is 0 Å². The lowest BCUT2D eigenvalue weighted by Gasteiger charge is -2.72. The summed E-state index contributed by atoms with van der Waals surface area (Å²) >= 11 is 0. The Morgan fingerprint density at radius 2 is 2.03 bits per heavy atom. The van der Waals surface area contributed by atoms with E-state index < -0.39 is 5.97 Å². The number of hydrogen-bond acceptors (Lipinski definition) is 6. The number of carboxylic acids is 1. The van der Waals surface area contributed by atoms with E-state index in [-0.39, 0.29) is 47.3 Å². The molecule has 3 aliphatic carbocycles. The number of unbranched alkanes of at least 4 members (excludes halogenated alkanes) is 2. The van der Waals surface area contributed by atoms with Gasteiger partial charge in [-0.1, -0.05) is 19.8 Å². The van der Waals surface area contributed by atoms with Crippen LogP contribution in [0.2, 0.25) is 0 Å². The van der Waals surface area contributed by atoms with Crippen molar-refractivity contribution in [1.29, 1.82) is 0 Å². The van der Waals surface area contributed by atoms with E-state index in [1.54, 1.807) is 10.6 Å². The summed E-state index contributed by atoms with van der Waals surface area (Å²) in [6.45, 7) is 2.45. The molecule has 2 N–H and O–H groups in total. The van der Waals surface area contributed by atoms with Crippen molar-refractivity contribution in [1.82, 2.24) is 14.4 Å². The van der Waals surface area contributed by atoms with Crippen LogP contribution in [-0.4, -0.2) is 49.5 Å². The summed E-state index contributed by atoms with van der Waals surface area (Å²) in [5, 5.41) is 19.0. The minimum absolute atomic E-state index is 0.00342. The smallest absolute Gasteiger partial charge is 0.356 e. The Labute approximate surface area is 168 Å². The SMILES string of the molecule is CCCCCC(=O)C(COc1ncn2ccnc(C(=O)O)c12)C12CC(CO)(C1)C2. The van der Waals surface area contributed by atoms with Crippen molar-refractivity contribution >= 4 is 17.3 Å². The number of fused-ring (bicyclic) bond motifs is 1. The molecule has 3 fully saturated rings. The second kappa shape index (κ2) is 7.40. The number of Topliss-reactive ketones (excluding diaryl/α,β-unsaturated/α-hetero) is 1. The van der Waals surface area contributed by atoms with E-state index in [4.69, 9.17) is 4.74 Å². The Hall–Kier alpha value is -2.48. The third kappa shape index (κ3) is 3.29. The van der Waals surface area contributed by atoms with Crippen molar-refractivity contribution in [3.63, 3.8) is 0 Å². The van der Waals surface area contributed by atoms with Crippen molar-refractivity contribution in [2.24, 2.45) is 16.7 Å². The molecule has 3 saturated carbocycles. The number of carbonyl (C=O) groups excluding carboxylic acids is 1. The maximum absolute atomic E-state index is 13.0. The second-order valence-corrected chi connectivity index (χ2v) is 8.72. The molecule has 2 aromatic rings. The molecule has 0 radical (unpaired) electrons. The number of ether oxygens (including phenoxy) is 1. The highest BCUT2D eigenvalue weighted by atomic mass is 16.5. The number of carbonyl (C=O) groups is 2. The summed E-state index contributed by atoms with van der Waals surface area (Å²) in [4.78, 5) is 32.6. The van der Waals surface area contributed by atoms with E-state index in [0.29, 0.717) is 11.9 Å². The van der Waals surface area contributed by atoms with Crippen LogP contribution < -0.4 is 4.74 Å². The van der Waals surface area contributed by atoms with Gasteiger partial charge in [0.15, 0.2) is 5.69 Å². The summed E-state index contributed by atoms with van der Waals surface area (Å²) in [6, 6.07) is 0. The minimum Gasteiger partial charge on any atom is -0.476 e. The number of rotatable bonds is 11. The number of aromatic carboxylic acids is 1. The van der Waals surface area contributed by atoms with Gasteiger partial charge in [0.05, 0.1) is 5.92 Å². The Kier molecular flexibility index (Phi) is 5.06. The van der Waals surface area contributed by atoms with Crippen molar-refractivity contribution < 1.29 is 24.5 Å². The highest BCUT2D eigenvalue weighted by Gasteiger charge is 2.70. The van der Waals surface area contributed by atoms with Gasteiger partial charge in [-0.2, -0.15) is 0 Å². The molecule has 2 heterocycles. The lowest BCUT2D eigenvalue weighted by molar-refractivity contribution is -0.251. The number of carboxylic acid groups (broad SMARTS) is 1. The molecule has 0 amide bonds. The van der Waals surface area contributed by atoms with E-state index in [9.17, 15) is 19.8 Å². The fraction of sp³-hybridized carbons (Fsp3) is 0.619. The number of ketones is 1. The average Bonchev–Trinajstić information content (AvgIpc) is 3.05. The van der Waals surface area contributed by atoms with Gasteiger partial charge in [0, 0.05) is 25.4 Å². The van der Waals surface area contributed by atoms with Gasteiger partial charge in [0.25, 0.3) is 0 Å². The van der Waals surface area contributed by atoms with E-state index in [0.717, 1.165) is 38.5 Å². The van der Waals surface area contributed by atoms with Crippen LogP contribution in [0.4, 0.5) is 0 Å². The number of aliphatic hydroxyl groups excluding tert-OH is 1. The van der Waals surface area contributed by atoms with Crippen molar-refractivity contribution in [2.75, 3.05) is 13.2 Å². The van der Waals surface area contributed by atoms with Crippen LogP contribution in [0.5, 0.6) is 5.88 Å². The molecule has 0 saturated heterocycles. The second-order valence-electron chi connectivity index (χ2n) is 8.72. The maximum atomic E-state index is 13.0. The predicted molar refractivity (Wildman–Crippen MR) is 104 cm³/mol. The molecule has 5 rings (SSSR count). The van der Waals surface area contributed by atoms with Crippen LogP contribution in [0, 0.1) is 16.7 Å². The molecule has 156 valence electrons. The molecule has 3 aliphatic rings. The van der Waals surface area contributed by atoms with Gasteiger partial charge in [-0.25, -0.2) is 14.8 Å². The first-order chi connectivity index (χ1) is 13.9. The van der Waals surface area contributed by atoms with E-state index in [2.05, 4.69) is 16.9 Å². The molecule has 0 aliphatic heterocycles. The molecule has 1 atom stereocenters. The third-order valence-corrected chi connectivity index (χ3v) is 6.68. The van der Waals surface area contributed by atoms with Crippen molar-refractivity contribution in [2.45, 2.75) is 51.9 Å². The molecule has 2 bridgehead atoms. The fourth-order valence-electron chi connectivity index (χ4n) is 5.30. The summed E-state index contributed by atoms with van der Waals surface area (Å²) in [5.41, 5.74) is 0.0796. The maximum Gasteiger partial charge on any atom is 0.356 e. The van der Waals surface area contributed by atoms with Crippen LogP contribution >= 0.6 is 0 Å². The van der Waals surface area contributed by atoms with Gasteiger partial charge in [-0.05, 0) is 36.5 Å². The molecule has 29 heavy (non-hydrogen) atoms. The number of aliphatic hydroxyl groups is 1. The number of hydrogen-bond donors (Lipinski definition) is 2. The Bertz CT molecular complexity index is 918. The monoisotopic (exact) mass is 401 g/mol. The van der Waals surface area contributed by atoms with Gasteiger partial charge < -0.3 is 14.9 Å². The van der Waals surface area contributed by atoms with E-state index in [1.165, 1.54) is 12.5 Å². The van der Waals surface area contributed by atoms with Crippen LogP contribution in [-0.2, 0) is 4.79 Å². The van der Waals surface area contributed by atoms with Gasteiger partial charge >= 0.3 is 5.97 Å². The van der Waals surface area contributed by atoms with Crippen LogP contribution in [0.1, 0.15) is 62.4 Å². The topological polar surface area (TPSA) is 114 Å². The van der Waals surface area contributed by atoms with Crippen LogP contribution in [0.15, 0.2) is 18.7 Å².